The molecule has 0 spiro atoms. The lowest BCUT2D eigenvalue weighted by Crippen LogP contribution is -2.06. The summed E-state index contributed by atoms with van der Waals surface area (Å²) < 4.78 is 0. The zero-order valence-electron chi connectivity index (χ0n) is 10.5. The third-order valence-corrected chi connectivity index (χ3v) is 3.35. The van der Waals surface area contributed by atoms with Crippen molar-refractivity contribution in [2.45, 2.75) is 6.42 Å². The molecule has 2 heterocycles. The van der Waals surface area contributed by atoms with Crippen LogP contribution < -0.4 is 0 Å². The summed E-state index contributed by atoms with van der Waals surface area (Å²) >= 11 is 6.03. The highest BCUT2D eigenvalue weighted by Gasteiger charge is 2.13. The van der Waals surface area contributed by atoms with Crippen molar-refractivity contribution in [3.8, 4) is 0 Å². The van der Waals surface area contributed by atoms with Gasteiger partial charge in [-0.05, 0) is 23.8 Å². The molecule has 0 saturated carbocycles. The van der Waals surface area contributed by atoms with Gasteiger partial charge in [0, 0.05) is 36.8 Å². The van der Waals surface area contributed by atoms with Crippen LogP contribution in [0.5, 0.6) is 0 Å². The highest BCUT2D eigenvalue weighted by atomic mass is 35.5. The number of Topliss-reactive ketones (excluding diaryl/α,β-unsaturated/α-hetero) is 1. The minimum atomic E-state index is -0.0378. The molecule has 4 nitrogen and oxygen atoms in total. The van der Waals surface area contributed by atoms with E-state index in [-0.39, 0.29) is 12.2 Å². The summed E-state index contributed by atoms with van der Waals surface area (Å²) in [4.78, 5) is 24.8. The van der Waals surface area contributed by atoms with E-state index in [0.29, 0.717) is 21.6 Å². The molecule has 0 aliphatic carbocycles. The maximum Gasteiger partial charge on any atom is 0.169 e. The molecule has 0 N–H and O–H groups in total. The zero-order chi connectivity index (χ0) is 13.9. The Balaban J connectivity index is 1.99. The minimum Gasteiger partial charge on any atom is -0.294 e. The SMILES string of the molecule is O=C(Cc1ccncc1Cl)c1cccc2nccnc12. The van der Waals surface area contributed by atoms with Crippen LogP contribution in [-0.2, 0) is 6.42 Å². The van der Waals surface area contributed by atoms with E-state index in [2.05, 4.69) is 15.0 Å². The molecule has 1 aromatic carbocycles. The van der Waals surface area contributed by atoms with Crippen molar-refractivity contribution in [1.29, 1.82) is 0 Å². The van der Waals surface area contributed by atoms with Crippen LogP contribution in [-0.4, -0.2) is 20.7 Å². The Kier molecular flexibility index (Phi) is 3.39. The first-order valence-electron chi connectivity index (χ1n) is 6.07. The van der Waals surface area contributed by atoms with E-state index in [1.54, 1.807) is 36.8 Å². The lowest BCUT2D eigenvalue weighted by Gasteiger charge is -2.05. The van der Waals surface area contributed by atoms with E-state index in [1.165, 1.54) is 6.20 Å². The fourth-order valence-electron chi connectivity index (χ4n) is 2.03. The molecule has 0 fully saturated rings. The standard InChI is InChI=1S/C15H10ClN3O/c16-12-9-17-5-4-10(12)8-14(20)11-2-1-3-13-15(11)19-7-6-18-13/h1-7,9H,8H2. The number of nitrogens with zero attached hydrogens (tertiary/aromatic N) is 3. The van der Waals surface area contributed by atoms with Crippen molar-refractivity contribution in [3.05, 3.63) is 65.2 Å². The maximum absolute atomic E-state index is 12.4. The van der Waals surface area contributed by atoms with Crippen LogP contribution >= 0.6 is 11.6 Å². The maximum atomic E-state index is 12.4. The van der Waals surface area contributed by atoms with Crippen molar-refractivity contribution >= 4 is 28.4 Å². The number of fused-ring (bicyclic) bond motifs is 1. The molecule has 0 saturated heterocycles. The summed E-state index contributed by atoms with van der Waals surface area (Å²) in [6, 6.07) is 7.14. The number of pyridine rings is 1. The summed E-state index contributed by atoms with van der Waals surface area (Å²) in [5.74, 6) is -0.0378. The first kappa shape index (κ1) is 12.7. The van der Waals surface area contributed by atoms with E-state index in [0.717, 1.165) is 5.56 Å². The summed E-state index contributed by atoms with van der Waals surface area (Å²) in [6.45, 7) is 0. The Morgan fingerprint density at radius 2 is 1.95 bits per heavy atom. The van der Waals surface area contributed by atoms with Crippen LogP contribution in [0.2, 0.25) is 5.02 Å². The molecular weight excluding hydrogens is 274 g/mol. The van der Waals surface area contributed by atoms with Gasteiger partial charge >= 0.3 is 0 Å². The number of rotatable bonds is 3. The molecule has 5 heteroatoms. The average molecular weight is 284 g/mol. The van der Waals surface area contributed by atoms with Gasteiger partial charge in [0.1, 0.15) is 0 Å². The van der Waals surface area contributed by atoms with Gasteiger partial charge < -0.3 is 0 Å². The van der Waals surface area contributed by atoms with Crippen molar-refractivity contribution < 1.29 is 4.79 Å². The normalized spacial score (nSPS) is 10.7. The van der Waals surface area contributed by atoms with E-state index in [1.807, 2.05) is 6.07 Å². The van der Waals surface area contributed by atoms with Gasteiger partial charge in [0.05, 0.1) is 16.1 Å². The number of aromatic nitrogens is 3. The Labute approximate surface area is 120 Å². The number of para-hydroxylation sites is 1. The fourth-order valence-corrected chi connectivity index (χ4v) is 2.22. The van der Waals surface area contributed by atoms with Crippen LogP contribution in [0.25, 0.3) is 11.0 Å². The fraction of sp³-hybridized carbons (Fsp3) is 0.0667. The monoisotopic (exact) mass is 283 g/mol. The van der Waals surface area contributed by atoms with Gasteiger partial charge in [0.2, 0.25) is 0 Å². The predicted octanol–water partition coefficient (Wildman–Crippen LogP) is 3.10. The largest absolute Gasteiger partial charge is 0.294 e. The average Bonchev–Trinajstić information content (AvgIpc) is 2.49. The smallest absolute Gasteiger partial charge is 0.169 e. The molecule has 0 aliphatic heterocycles. The van der Waals surface area contributed by atoms with Crippen molar-refractivity contribution in [2.75, 3.05) is 0 Å². The summed E-state index contributed by atoms with van der Waals surface area (Å²) in [6.07, 6.45) is 6.57. The van der Waals surface area contributed by atoms with Crippen LogP contribution in [0, 0.1) is 0 Å². The van der Waals surface area contributed by atoms with Crippen molar-refractivity contribution in [1.82, 2.24) is 15.0 Å². The van der Waals surface area contributed by atoms with Crippen LogP contribution in [0.15, 0.2) is 49.1 Å². The molecule has 20 heavy (non-hydrogen) atoms. The third kappa shape index (κ3) is 2.38. The number of halogens is 1. The Hall–Kier alpha value is -2.33. The second kappa shape index (κ2) is 5.35. The number of ketones is 1. The Bertz CT molecular complexity index is 783. The van der Waals surface area contributed by atoms with E-state index >= 15 is 0 Å². The summed E-state index contributed by atoms with van der Waals surface area (Å²) in [5.41, 5.74) is 2.64. The number of hydrogen-bond acceptors (Lipinski definition) is 4. The number of carbonyl (C=O) groups is 1. The van der Waals surface area contributed by atoms with Gasteiger partial charge in [0.25, 0.3) is 0 Å². The molecule has 0 amide bonds. The van der Waals surface area contributed by atoms with Gasteiger partial charge in [-0.2, -0.15) is 0 Å². The Morgan fingerprint density at radius 1 is 1.10 bits per heavy atom. The number of benzene rings is 1. The number of carbonyl (C=O) groups excluding carboxylic acids is 1. The highest BCUT2D eigenvalue weighted by Crippen LogP contribution is 2.19. The molecule has 3 rings (SSSR count). The molecule has 0 atom stereocenters. The van der Waals surface area contributed by atoms with Gasteiger partial charge in [-0.3, -0.25) is 19.7 Å². The lowest BCUT2D eigenvalue weighted by molar-refractivity contribution is 0.0994. The first-order valence-corrected chi connectivity index (χ1v) is 6.45. The second-order valence-corrected chi connectivity index (χ2v) is 4.70. The highest BCUT2D eigenvalue weighted by molar-refractivity contribution is 6.31. The molecule has 2 aromatic heterocycles. The second-order valence-electron chi connectivity index (χ2n) is 4.30. The molecule has 98 valence electrons. The molecule has 3 aromatic rings. The Morgan fingerprint density at radius 3 is 2.80 bits per heavy atom. The lowest BCUT2D eigenvalue weighted by atomic mass is 10.0. The van der Waals surface area contributed by atoms with E-state index in [4.69, 9.17) is 11.6 Å². The van der Waals surface area contributed by atoms with E-state index < -0.39 is 0 Å². The molecule has 0 aliphatic rings. The molecular formula is C15H10ClN3O. The van der Waals surface area contributed by atoms with Crippen molar-refractivity contribution in [3.63, 3.8) is 0 Å². The number of hydrogen-bond donors (Lipinski definition) is 0. The zero-order valence-corrected chi connectivity index (χ0v) is 11.2. The van der Waals surface area contributed by atoms with Gasteiger partial charge in [0.15, 0.2) is 5.78 Å². The van der Waals surface area contributed by atoms with Gasteiger partial charge in [-0.1, -0.05) is 17.7 Å². The topological polar surface area (TPSA) is 55.7 Å². The third-order valence-electron chi connectivity index (χ3n) is 3.01. The first-order chi connectivity index (χ1) is 9.75. The summed E-state index contributed by atoms with van der Waals surface area (Å²) in [5, 5.41) is 0.493. The van der Waals surface area contributed by atoms with Gasteiger partial charge in [-0.15, -0.1) is 0 Å². The van der Waals surface area contributed by atoms with Crippen LogP contribution in [0.4, 0.5) is 0 Å². The van der Waals surface area contributed by atoms with Gasteiger partial charge in [-0.25, -0.2) is 0 Å². The quantitative estimate of drug-likeness (QED) is 0.693. The van der Waals surface area contributed by atoms with Crippen molar-refractivity contribution in [2.24, 2.45) is 0 Å². The summed E-state index contributed by atoms with van der Waals surface area (Å²) in [7, 11) is 0. The molecule has 0 bridgehead atoms. The van der Waals surface area contributed by atoms with E-state index in [9.17, 15) is 4.79 Å². The molecule has 0 radical (unpaired) electrons. The minimum absolute atomic E-state index is 0.0378. The predicted molar refractivity (Wildman–Crippen MR) is 76.8 cm³/mol. The molecule has 0 unspecified atom stereocenters. The van der Waals surface area contributed by atoms with Crippen LogP contribution in [0.3, 0.4) is 0 Å². The van der Waals surface area contributed by atoms with Crippen LogP contribution in [0.1, 0.15) is 15.9 Å².